The van der Waals surface area contributed by atoms with E-state index in [2.05, 4.69) is 54.5 Å². The molecule has 0 aliphatic carbocycles. The summed E-state index contributed by atoms with van der Waals surface area (Å²) >= 11 is 0.989. The number of sulfonamides is 1. The molecule has 0 spiro atoms. The second-order valence-electron chi connectivity index (χ2n) is 9.17. The maximum atomic E-state index is 12.8. The second-order valence-corrected chi connectivity index (χ2v) is 11.4. The topological polar surface area (TPSA) is 96.9 Å². The summed E-state index contributed by atoms with van der Waals surface area (Å²) in [4.78, 5) is 4.99. The van der Waals surface area contributed by atoms with Crippen LogP contribution in [0.1, 0.15) is 11.1 Å². The minimum absolute atomic E-state index is 0.102. The second kappa shape index (κ2) is 11.6. The Morgan fingerprint density at radius 3 is 2.58 bits per heavy atom. The molecule has 1 fully saturated rings. The van der Waals surface area contributed by atoms with Crippen molar-refractivity contribution in [1.82, 2.24) is 18.4 Å². The largest absolute Gasteiger partial charge is 0.493 e. The van der Waals surface area contributed by atoms with Crippen LogP contribution in [0.2, 0.25) is 0 Å². The fourth-order valence-electron chi connectivity index (χ4n) is 4.67. The van der Waals surface area contributed by atoms with Crippen LogP contribution < -0.4 is 19.1 Å². The first kappa shape index (κ1) is 26.4. The van der Waals surface area contributed by atoms with Crippen LogP contribution in [0.25, 0.3) is 11.0 Å². The van der Waals surface area contributed by atoms with Crippen molar-refractivity contribution in [1.29, 1.82) is 0 Å². The van der Waals surface area contributed by atoms with Crippen molar-refractivity contribution in [2.75, 3.05) is 51.3 Å². The van der Waals surface area contributed by atoms with Crippen molar-refractivity contribution in [2.24, 2.45) is 0 Å². The van der Waals surface area contributed by atoms with E-state index in [1.54, 1.807) is 19.2 Å². The summed E-state index contributed by atoms with van der Waals surface area (Å²) in [5.41, 5.74) is 4.67. The quantitative estimate of drug-likeness (QED) is 0.297. The molecule has 0 bridgehead atoms. The van der Waals surface area contributed by atoms with Crippen LogP contribution in [0.4, 0.5) is 5.69 Å². The van der Waals surface area contributed by atoms with Gasteiger partial charge in [-0.3, -0.25) is 4.90 Å². The molecular formula is C27H31N5O4S2. The van der Waals surface area contributed by atoms with Gasteiger partial charge in [0.05, 0.1) is 18.8 Å². The number of ether oxygens (including phenoxy) is 2. The van der Waals surface area contributed by atoms with Crippen LogP contribution in [0.3, 0.4) is 0 Å². The summed E-state index contributed by atoms with van der Waals surface area (Å²) in [6.45, 7) is 7.12. The third-order valence-electron chi connectivity index (χ3n) is 6.65. The summed E-state index contributed by atoms with van der Waals surface area (Å²) in [6, 6.07) is 19.4. The van der Waals surface area contributed by atoms with Gasteiger partial charge >= 0.3 is 0 Å². The Bertz CT molecular complexity index is 1500. The molecule has 2 heterocycles. The van der Waals surface area contributed by atoms with Crippen molar-refractivity contribution < 1.29 is 17.9 Å². The number of nitrogens with zero attached hydrogens (tertiary/aromatic N) is 4. The molecule has 1 aromatic heterocycles. The molecule has 38 heavy (non-hydrogen) atoms. The van der Waals surface area contributed by atoms with Gasteiger partial charge in [-0.15, -0.1) is 0 Å². The van der Waals surface area contributed by atoms with Crippen LogP contribution in [-0.2, 0) is 16.6 Å². The number of rotatable bonds is 10. The monoisotopic (exact) mass is 553 g/mol. The molecule has 1 N–H and O–H groups in total. The van der Waals surface area contributed by atoms with Gasteiger partial charge in [-0.05, 0) is 48.4 Å². The predicted octanol–water partition coefficient (Wildman–Crippen LogP) is 3.69. The number of aromatic nitrogens is 2. The number of fused-ring (bicyclic) bond motifs is 1. The van der Waals surface area contributed by atoms with Crippen molar-refractivity contribution in [3.63, 3.8) is 0 Å². The van der Waals surface area contributed by atoms with E-state index in [0.717, 1.165) is 50.0 Å². The molecule has 0 saturated carbocycles. The molecule has 200 valence electrons. The van der Waals surface area contributed by atoms with Gasteiger partial charge in [-0.25, -0.2) is 13.1 Å². The van der Waals surface area contributed by atoms with E-state index in [9.17, 15) is 8.42 Å². The van der Waals surface area contributed by atoms with E-state index in [1.165, 1.54) is 17.3 Å². The third-order valence-corrected chi connectivity index (χ3v) is 8.69. The molecule has 9 nitrogen and oxygen atoms in total. The zero-order chi connectivity index (χ0) is 26.5. The van der Waals surface area contributed by atoms with E-state index >= 15 is 0 Å². The third kappa shape index (κ3) is 5.91. The van der Waals surface area contributed by atoms with Crippen LogP contribution >= 0.6 is 11.7 Å². The highest BCUT2D eigenvalue weighted by Crippen LogP contribution is 2.29. The normalized spacial score (nSPS) is 14.6. The number of nitrogens with one attached hydrogen (secondary N) is 1. The number of para-hydroxylation sites is 1. The number of methoxy groups -OCH3 is 1. The van der Waals surface area contributed by atoms with E-state index in [4.69, 9.17) is 9.47 Å². The summed E-state index contributed by atoms with van der Waals surface area (Å²) in [6.07, 6.45) is 0. The summed E-state index contributed by atoms with van der Waals surface area (Å²) in [7, 11) is -2.15. The number of aryl methyl sites for hydroxylation is 1. The van der Waals surface area contributed by atoms with Crippen molar-refractivity contribution in [3.05, 3.63) is 71.8 Å². The Hall–Kier alpha value is -3.25. The lowest BCUT2D eigenvalue weighted by atomic mass is 10.1. The molecule has 1 aliphatic rings. The van der Waals surface area contributed by atoms with Gasteiger partial charge in [0, 0.05) is 45.0 Å². The molecule has 0 unspecified atom stereocenters. The standard InChI is InChI=1S/C27H31N5O4S2/c1-20-6-3-4-8-23(20)32-15-13-31(14-16-32)19-21-10-11-24(35-2)25(18-21)36-17-12-28-38(33,34)26-9-5-7-22-27(26)30-37-29-22/h3-11,18,28H,12-17,19H2,1-2H3. The zero-order valence-corrected chi connectivity index (χ0v) is 23.1. The summed E-state index contributed by atoms with van der Waals surface area (Å²) < 4.78 is 47.9. The molecule has 11 heteroatoms. The summed E-state index contributed by atoms with van der Waals surface area (Å²) in [5.74, 6) is 1.20. The lowest BCUT2D eigenvalue weighted by molar-refractivity contribution is 0.248. The maximum absolute atomic E-state index is 12.8. The van der Waals surface area contributed by atoms with Gasteiger partial charge in [0.1, 0.15) is 22.5 Å². The molecular weight excluding hydrogens is 522 g/mol. The highest BCUT2D eigenvalue weighted by Gasteiger charge is 2.20. The fourth-order valence-corrected chi connectivity index (χ4v) is 6.45. The Morgan fingerprint density at radius 2 is 1.79 bits per heavy atom. The number of benzene rings is 3. The average Bonchev–Trinajstić information content (AvgIpc) is 3.41. The van der Waals surface area contributed by atoms with E-state index < -0.39 is 10.0 Å². The van der Waals surface area contributed by atoms with Gasteiger partial charge in [-0.1, -0.05) is 30.3 Å². The van der Waals surface area contributed by atoms with Crippen LogP contribution in [0.5, 0.6) is 11.5 Å². The number of hydrogen-bond donors (Lipinski definition) is 1. The van der Waals surface area contributed by atoms with Crippen molar-refractivity contribution >= 4 is 38.5 Å². The molecule has 0 radical (unpaired) electrons. The number of piperazine rings is 1. The van der Waals surface area contributed by atoms with Crippen molar-refractivity contribution in [2.45, 2.75) is 18.4 Å². The SMILES string of the molecule is COc1ccc(CN2CCN(c3ccccc3C)CC2)cc1OCCNS(=O)(=O)c1cccc2nsnc12. The Labute approximate surface area is 227 Å². The van der Waals surface area contributed by atoms with Gasteiger partial charge < -0.3 is 14.4 Å². The molecule has 1 saturated heterocycles. The van der Waals surface area contributed by atoms with Gasteiger partial charge in [0.2, 0.25) is 10.0 Å². The van der Waals surface area contributed by atoms with Gasteiger partial charge in [-0.2, -0.15) is 8.75 Å². The van der Waals surface area contributed by atoms with Crippen LogP contribution in [0, 0.1) is 6.92 Å². The molecule has 5 rings (SSSR count). The fraction of sp³-hybridized carbons (Fsp3) is 0.333. The van der Waals surface area contributed by atoms with Crippen molar-refractivity contribution in [3.8, 4) is 11.5 Å². The summed E-state index contributed by atoms with van der Waals surface area (Å²) in [5, 5.41) is 0. The Morgan fingerprint density at radius 1 is 0.974 bits per heavy atom. The van der Waals surface area contributed by atoms with Gasteiger partial charge in [0.15, 0.2) is 11.5 Å². The first-order chi connectivity index (χ1) is 18.4. The van der Waals surface area contributed by atoms with E-state index in [1.807, 2.05) is 18.2 Å². The average molecular weight is 554 g/mol. The lowest BCUT2D eigenvalue weighted by Crippen LogP contribution is -2.46. The highest BCUT2D eigenvalue weighted by atomic mass is 32.2. The Balaban J connectivity index is 1.16. The first-order valence-corrected chi connectivity index (χ1v) is 14.7. The minimum atomic E-state index is -3.75. The van der Waals surface area contributed by atoms with E-state index in [-0.39, 0.29) is 18.0 Å². The zero-order valence-electron chi connectivity index (χ0n) is 21.5. The number of hydrogen-bond acceptors (Lipinski definition) is 9. The van der Waals surface area contributed by atoms with E-state index in [0.29, 0.717) is 22.5 Å². The molecule has 1 aliphatic heterocycles. The molecule has 0 atom stereocenters. The predicted molar refractivity (Wildman–Crippen MR) is 150 cm³/mol. The Kier molecular flexibility index (Phi) is 8.08. The molecule has 3 aromatic carbocycles. The maximum Gasteiger partial charge on any atom is 0.242 e. The smallest absolute Gasteiger partial charge is 0.242 e. The highest BCUT2D eigenvalue weighted by molar-refractivity contribution is 7.89. The van der Waals surface area contributed by atoms with Crippen LogP contribution in [0.15, 0.2) is 65.6 Å². The van der Waals surface area contributed by atoms with Crippen LogP contribution in [-0.4, -0.2) is 68.5 Å². The molecule has 0 amide bonds. The lowest BCUT2D eigenvalue weighted by Gasteiger charge is -2.36. The minimum Gasteiger partial charge on any atom is -0.493 e. The number of anilines is 1. The first-order valence-electron chi connectivity index (χ1n) is 12.5. The molecule has 4 aromatic rings. The van der Waals surface area contributed by atoms with Gasteiger partial charge in [0.25, 0.3) is 0 Å².